The summed E-state index contributed by atoms with van der Waals surface area (Å²) in [7, 11) is 1.63. The largest absolute Gasteiger partial charge is 0.495 e. The summed E-state index contributed by atoms with van der Waals surface area (Å²) in [6.45, 7) is 0. The highest BCUT2D eigenvalue weighted by atomic mass is 32.2. The van der Waals surface area contributed by atoms with Crippen molar-refractivity contribution in [2.75, 3.05) is 7.11 Å². The number of methoxy groups -OCH3 is 1. The molecule has 6 heteroatoms. The first-order chi connectivity index (χ1) is 10.8. The predicted molar refractivity (Wildman–Crippen MR) is 83.9 cm³/mol. The van der Waals surface area contributed by atoms with Crippen molar-refractivity contribution in [1.82, 2.24) is 14.8 Å². The van der Waals surface area contributed by atoms with Crippen LogP contribution in [0.1, 0.15) is 5.56 Å². The number of hydrogen-bond acceptors (Lipinski definition) is 4. The second-order valence-corrected chi connectivity index (χ2v) is 5.51. The van der Waals surface area contributed by atoms with Crippen LogP contribution >= 0.6 is 11.8 Å². The Morgan fingerprint density at radius 2 is 1.91 bits per heavy atom. The van der Waals surface area contributed by atoms with E-state index in [0.717, 1.165) is 22.2 Å². The molecule has 0 saturated carbocycles. The van der Waals surface area contributed by atoms with E-state index < -0.39 is 0 Å². The monoisotopic (exact) mass is 315 g/mol. The van der Waals surface area contributed by atoms with Gasteiger partial charge in [0.05, 0.1) is 12.8 Å². The summed E-state index contributed by atoms with van der Waals surface area (Å²) in [5.41, 5.74) is 1.91. The zero-order chi connectivity index (χ0) is 15.4. The third kappa shape index (κ3) is 3.12. The fourth-order valence-corrected chi connectivity index (χ4v) is 2.92. The number of aromatic nitrogens is 3. The van der Waals surface area contributed by atoms with Gasteiger partial charge in [0.2, 0.25) is 0 Å². The van der Waals surface area contributed by atoms with Gasteiger partial charge in [0, 0.05) is 5.75 Å². The summed E-state index contributed by atoms with van der Waals surface area (Å²) in [6.07, 6.45) is 1.66. The summed E-state index contributed by atoms with van der Waals surface area (Å²) in [5, 5.41) is 8.88. The lowest BCUT2D eigenvalue weighted by molar-refractivity contribution is 0.412. The molecule has 4 nitrogen and oxygen atoms in total. The molecular formula is C16H14FN3OS. The van der Waals surface area contributed by atoms with Crippen molar-refractivity contribution in [2.45, 2.75) is 10.9 Å². The van der Waals surface area contributed by atoms with Crippen LogP contribution in [0.15, 0.2) is 60.0 Å². The fourth-order valence-electron chi connectivity index (χ4n) is 2.05. The number of ether oxygens (including phenoxy) is 1. The van der Waals surface area contributed by atoms with Gasteiger partial charge in [0.25, 0.3) is 0 Å². The third-order valence-electron chi connectivity index (χ3n) is 3.14. The Morgan fingerprint density at radius 1 is 1.14 bits per heavy atom. The van der Waals surface area contributed by atoms with Crippen molar-refractivity contribution >= 4 is 11.8 Å². The van der Waals surface area contributed by atoms with E-state index in [9.17, 15) is 4.39 Å². The van der Waals surface area contributed by atoms with Gasteiger partial charge in [-0.25, -0.2) is 4.39 Å². The van der Waals surface area contributed by atoms with Gasteiger partial charge in [-0.15, -0.1) is 10.2 Å². The zero-order valence-electron chi connectivity index (χ0n) is 11.9. The van der Waals surface area contributed by atoms with E-state index in [-0.39, 0.29) is 5.82 Å². The van der Waals surface area contributed by atoms with E-state index in [4.69, 9.17) is 4.74 Å². The van der Waals surface area contributed by atoms with Crippen LogP contribution in [0.5, 0.6) is 5.75 Å². The highest BCUT2D eigenvalue weighted by molar-refractivity contribution is 7.98. The summed E-state index contributed by atoms with van der Waals surface area (Å²) < 4.78 is 20.2. The smallest absolute Gasteiger partial charge is 0.196 e. The highest BCUT2D eigenvalue weighted by Gasteiger charge is 2.11. The number of thioether (sulfide) groups is 1. The first kappa shape index (κ1) is 14.6. The SMILES string of the molecule is COc1ccccc1-n1cnnc1SCc1ccc(F)cc1. The second kappa shape index (κ2) is 6.62. The molecule has 0 saturated heterocycles. The number of nitrogens with zero attached hydrogens (tertiary/aromatic N) is 3. The molecule has 0 aliphatic carbocycles. The van der Waals surface area contributed by atoms with E-state index in [1.165, 1.54) is 23.9 Å². The molecule has 3 rings (SSSR count). The molecule has 0 fully saturated rings. The Kier molecular flexibility index (Phi) is 4.39. The molecule has 0 N–H and O–H groups in total. The number of halogens is 1. The van der Waals surface area contributed by atoms with Crippen molar-refractivity contribution < 1.29 is 9.13 Å². The molecule has 112 valence electrons. The standard InChI is InChI=1S/C16H14FN3OS/c1-21-15-5-3-2-4-14(15)20-11-18-19-16(20)22-10-12-6-8-13(17)9-7-12/h2-9,11H,10H2,1H3. The maximum atomic E-state index is 12.9. The highest BCUT2D eigenvalue weighted by Crippen LogP contribution is 2.28. The van der Waals surface area contributed by atoms with Crippen LogP contribution in [0.4, 0.5) is 4.39 Å². The van der Waals surface area contributed by atoms with Crippen molar-refractivity contribution in [2.24, 2.45) is 0 Å². The molecule has 1 heterocycles. The normalized spacial score (nSPS) is 10.6. The van der Waals surface area contributed by atoms with Crippen LogP contribution in [0.3, 0.4) is 0 Å². The minimum absolute atomic E-state index is 0.231. The minimum Gasteiger partial charge on any atom is -0.495 e. The Hall–Kier alpha value is -2.34. The summed E-state index contributed by atoms with van der Waals surface area (Å²) in [6, 6.07) is 14.2. The molecule has 2 aromatic carbocycles. The van der Waals surface area contributed by atoms with E-state index in [2.05, 4.69) is 10.2 Å². The molecule has 0 aliphatic heterocycles. The summed E-state index contributed by atoms with van der Waals surface area (Å²) in [5.74, 6) is 1.21. The van der Waals surface area contributed by atoms with Gasteiger partial charge >= 0.3 is 0 Å². The van der Waals surface area contributed by atoms with Gasteiger partial charge in [-0.05, 0) is 29.8 Å². The number of para-hydroxylation sites is 2. The maximum Gasteiger partial charge on any atom is 0.196 e. The third-order valence-corrected chi connectivity index (χ3v) is 4.16. The first-order valence-electron chi connectivity index (χ1n) is 6.68. The molecule has 0 radical (unpaired) electrons. The van der Waals surface area contributed by atoms with Crippen LogP contribution in [0.25, 0.3) is 5.69 Å². The van der Waals surface area contributed by atoms with E-state index in [0.29, 0.717) is 5.75 Å². The van der Waals surface area contributed by atoms with Gasteiger partial charge in [-0.1, -0.05) is 36.0 Å². The lowest BCUT2D eigenvalue weighted by Gasteiger charge is -2.10. The molecular weight excluding hydrogens is 301 g/mol. The Bertz CT molecular complexity index is 758. The van der Waals surface area contributed by atoms with Crippen LogP contribution in [-0.4, -0.2) is 21.9 Å². The number of hydrogen-bond donors (Lipinski definition) is 0. The summed E-state index contributed by atoms with van der Waals surface area (Å²) >= 11 is 1.54. The van der Waals surface area contributed by atoms with E-state index >= 15 is 0 Å². The molecule has 22 heavy (non-hydrogen) atoms. The first-order valence-corrected chi connectivity index (χ1v) is 7.67. The topological polar surface area (TPSA) is 39.9 Å². The van der Waals surface area contributed by atoms with Gasteiger partial charge < -0.3 is 4.74 Å². The lowest BCUT2D eigenvalue weighted by atomic mass is 10.2. The molecule has 3 aromatic rings. The predicted octanol–water partition coefficient (Wildman–Crippen LogP) is 3.71. The van der Waals surface area contributed by atoms with Crippen molar-refractivity contribution in [3.05, 3.63) is 66.2 Å². The van der Waals surface area contributed by atoms with Gasteiger partial charge in [-0.2, -0.15) is 0 Å². The van der Waals surface area contributed by atoms with Crippen LogP contribution in [0.2, 0.25) is 0 Å². The van der Waals surface area contributed by atoms with Crippen LogP contribution in [-0.2, 0) is 5.75 Å². The van der Waals surface area contributed by atoms with Crippen LogP contribution < -0.4 is 4.74 Å². The maximum absolute atomic E-state index is 12.9. The molecule has 0 atom stereocenters. The molecule has 1 aromatic heterocycles. The van der Waals surface area contributed by atoms with Crippen molar-refractivity contribution in [3.8, 4) is 11.4 Å². The zero-order valence-corrected chi connectivity index (χ0v) is 12.8. The van der Waals surface area contributed by atoms with E-state index in [1.807, 2.05) is 28.8 Å². The number of benzene rings is 2. The van der Waals surface area contributed by atoms with Gasteiger partial charge in [-0.3, -0.25) is 4.57 Å². The quantitative estimate of drug-likeness (QED) is 0.673. The molecule has 0 unspecified atom stereocenters. The van der Waals surface area contributed by atoms with E-state index in [1.54, 1.807) is 25.6 Å². The summed E-state index contributed by atoms with van der Waals surface area (Å²) in [4.78, 5) is 0. The molecule has 0 aliphatic rings. The lowest BCUT2D eigenvalue weighted by Crippen LogP contribution is -1.98. The Morgan fingerprint density at radius 3 is 2.68 bits per heavy atom. The molecule has 0 bridgehead atoms. The molecule has 0 amide bonds. The Labute approximate surface area is 132 Å². The fraction of sp³-hybridized carbons (Fsp3) is 0.125. The molecule has 0 spiro atoms. The second-order valence-electron chi connectivity index (χ2n) is 4.57. The number of rotatable bonds is 5. The Balaban J connectivity index is 1.81. The van der Waals surface area contributed by atoms with Gasteiger partial charge in [0.15, 0.2) is 5.16 Å². The van der Waals surface area contributed by atoms with Crippen molar-refractivity contribution in [1.29, 1.82) is 0 Å². The minimum atomic E-state index is -0.231. The van der Waals surface area contributed by atoms with Crippen LogP contribution in [0, 0.1) is 5.82 Å². The average Bonchev–Trinajstić information content (AvgIpc) is 3.02. The average molecular weight is 315 g/mol. The van der Waals surface area contributed by atoms with Crippen molar-refractivity contribution in [3.63, 3.8) is 0 Å². The van der Waals surface area contributed by atoms with Gasteiger partial charge in [0.1, 0.15) is 17.9 Å².